The minimum absolute atomic E-state index is 0.0556. The molecule has 16 heavy (non-hydrogen) atoms. The summed E-state index contributed by atoms with van der Waals surface area (Å²) in [5.41, 5.74) is 1.58. The zero-order valence-electron chi connectivity index (χ0n) is 8.43. The number of carbonyl (C=O) groups is 1. The normalized spacial score (nSPS) is 10.1. The van der Waals surface area contributed by atoms with Gasteiger partial charge in [-0.15, -0.1) is 0 Å². The third-order valence-electron chi connectivity index (χ3n) is 2.14. The van der Waals surface area contributed by atoms with Crippen molar-refractivity contribution in [1.82, 2.24) is 9.97 Å². The number of hydrogen-bond acceptors (Lipinski definition) is 3. The van der Waals surface area contributed by atoms with Crippen LogP contribution in [0.25, 0.3) is 0 Å². The second-order valence-electron chi connectivity index (χ2n) is 3.35. The van der Waals surface area contributed by atoms with Crippen LogP contribution in [0.3, 0.4) is 0 Å². The molecule has 3 nitrogen and oxygen atoms in total. The van der Waals surface area contributed by atoms with Crippen LogP contribution >= 0.6 is 15.9 Å². The summed E-state index contributed by atoms with van der Waals surface area (Å²) >= 11 is 3.29. The molecule has 4 heteroatoms. The van der Waals surface area contributed by atoms with Crippen LogP contribution in [0.4, 0.5) is 0 Å². The van der Waals surface area contributed by atoms with Crippen LogP contribution in [0.5, 0.6) is 0 Å². The third-order valence-corrected chi connectivity index (χ3v) is 2.57. The molecule has 0 saturated heterocycles. The van der Waals surface area contributed by atoms with Crippen molar-refractivity contribution in [2.75, 3.05) is 0 Å². The minimum atomic E-state index is 0.0556. The van der Waals surface area contributed by atoms with Gasteiger partial charge in [0.1, 0.15) is 0 Å². The highest BCUT2D eigenvalue weighted by Crippen LogP contribution is 2.12. The number of hydrogen-bond donors (Lipinski definition) is 0. The smallest absolute Gasteiger partial charge is 0.168 e. The van der Waals surface area contributed by atoms with Gasteiger partial charge in [-0.05, 0) is 39.7 Å². The van der Waals surface area contributed by atoms with Crippen LogP contribution in [-0.4, -0.2) is 15.8 Å². The third kappa shape index (κ3) is 2.73. The summed E-state index contributed by atoms with van der Waals surface area (Å²) in [5, 5.41) is 0. The molecule has 0 aromatic carbocycles. The van der Waals surface area contributed by atoms with Crippen molar-refractivity contribution in [2.24, 2.45) is 0 Å². The fourth-order valence-electron chi connectivity index (χ4n) is 1.35. The van der Waals surface area contributed by atoms with Crippen molar-refractivity contribution in [3.05, 3.63) is 58.6 Å². The van der Waals surface area contributed by atoms with Gasteiger partial charge in [0.05, 0.1) is 0 Å². The van der Waals surface area contributed by atoms with Gasteiger partial charge in [0.2, 0.25) is 0 Å². The van der Waals surface area contributed by atoms with Crippen molar-refractivity contribution in [3.63, 3.8) is 0 Å². The number of Topliss-reactive ketones (excluding diaryl/α,β-unsaturated/α-hetero) is 1. The average Bonchev–Trinajstić information content (AvgIpc) is 2.30. The molecule has 0 amide bonds. The van der Waals surface area contributed by atoms with E-state index in [1.807, 2.05) is 12.1 Å². The van der Waals surface area contributed by atoms with Crippen molar-refractivity contribution in [2.45, 2.75) is 6.42 Å². The summed E-state index contributed by atoms with van der Waals surface area (Å²) in [4.78, 5) is 19.8. The molecule has 2 aromatic heterocycles. The topological polar surface area (TPSA) is 42.9 Å². The Morgan fingerprint density at radius 3 is 2.62 bits per heavy atom. The van der Waals surface area contributed by atoms with E-state index in [0.717, 1.165) is 10.0 Å². The van der Waals surface area contributed by atoms with Gasteiger partial charge in [0.15, 0.2) is 5.78 Å². The summed E-state index contributed by atoms with van der Waals surface area (Å²) in [5.74, 6) is 0.0556. The largest absolute Gasteiger partial charge is 0.294 e. The molecular formula is C12H9BrN2O. The lowest BCUT2D eigenvalue weighted by Crippen LogP contribution is -2.04. The Bertz CT molecular complexity index is 499. The van der Waals surface area contributed by atoms with E-state index in [0.29, 0.717) is 12.0 Å². The number of halogens is 1. The maximum absolute atomic E-state index is 11.9. The summed E-state index contributed by atoms with van der Waals surface area (Å²) in [6.07, 6.45) is 6.97. The number of pyridine rings is 2. The number of rotatable bonds is 3. The quantitative estimate of drug-likeness (QED) is 0.810. The van der Waals surface area contributed by atoms with Crippen LogP contribution in [0.2, 0.25) is 0 Å². The van der Waals surface area contributed by atoms with Gasteiger partial charge in [-0.1, -0.05) is 0 Å². The molecule has 0 aliphatic heterocycles. The predicted octanol–water partition coefficient (Wildman–Crippen LogP) is 2.66. The number of ketones is 1. The van der Waals surface area contributed by atoms with Crippen molar-refractivity contribution in [1.29, 1.82) is 0 Å². The van der Waals surface area contributed by atoms with E-state index in [-0.39, 0.29) is 5.78 Å². The van der Waals surface area contributed by atoms with Gasteiger partial charge in [0.25, 0.3) is 0 Å². The average molecular weight is 277 g/mol. The Hall–Kier alpha value is -1.55. The molecule has 0 N–H and O–H groups in total. The van der Waals surface area contributed by atoms with Crippen molar-refractivity contribution in [3.8, 4) is 0 Å². The van der Waals surface area contributed by atoms with E-state index >= 15 is 0 Å². The minimum Gasteiger partial charge on any atom is -0.294 e. The Labute approximate surface area is 102 Å². The second-order valence-corrected chi connectivity index (χ2v) is 4.26. The first-order valence-corrected chi connectivity index (χ1v) is 5.57. The molecule has 0 fully saturated rings. The van der Waals surface area contributed by atoms with Gasteiger partial charge in [0, 0.05) is 41.2 Å². The molecule has 0 saturated carbocycles. The first-order valence-electron chi connectivity index (χ1n) is 4.78. The lowest BCUT2D eigenvalue weighted by Gasteiger charge is -2.01. The Morgan fingerprint density at radius 2 is 1.94 bits per heavy atom. The standard InChI is InChI=1S/C12H9BrN2O/c13-11-6-10(7-15-8-11)12(16)5-9-1-3-14-4-2-9/h1-4,6-8H,5H2. The molecule has 0 spiro atoms. The van der Waals surface area contributed by atoms with E-state index in [9.17, 15) is 4.79 Å². The van der Waals surface area contributed by atoms with Crippen LogP contribution in [0.1, 0.15) is 15.9 Å². The Kier molecular flexibility index (Phi) is 3.41. The van der Waals surface area contributed by atoms with Crippen LogP contribution in [0, 0.1) is 0 Å². The first-order chi connectivity index (χ1) is 7.75. The molecule has 0 atom stereocenters. The van der Waals surface area contributed by atoms with Gasteiger partial charge < -0.3 is 0 Å². The highest BCUT2D eigenvalue weighted by molar-refractivity contribution is 9.10. The van der Waals surface area contributed by atoms with Gasteiger partial charge in [-0.3, -0.25) is 14.8 Å². The molecule has 2 heterocycles. The zero-order chi connectivity index (χ0) is 11.4. The SMILES string of the molecule is O=C(Cc1ccncc1)c1cncc(Br)c1. The van der Waals surface area contributed by atoms with E-state index in [2.05, 4.69) is 25.9 Å². The number of nitrogens with zero attached hydrogens (tertiary/aromatic N) is 2. The zero-order valence-corrected chi connectivity index (χ0v) is 10.0. The summed E-state index contributed by atoms with van der Waals surface area (Å²) in [7, 11) is 0. The number of carbonyl (C=O) groups excluding carboxylic acids is 1. The fourth-order valence-corrected chi connectivity index (χ4v) is 1.72. The van der Waals surface area contributed by atoms with E-state index < -0.39 is 0 Å². The van der Waals surface area contributed by atoms with E-state index in [1.165, 1.54) is 0 Å². The maximum atomic E-state index is 11.9. The number of aromatic nitrogens is 2. The van der Waals surface area contributed by atoms with Gasteiger partial charge in [-0.2, -0.15) is 0 Å². The fraction of sp³-hybridized carbons (Fsp3) is 0.0833. The van der Waals surface area contributed by atoms with Crippen LogP contribution < -0.4 is 0 Å². The lowest BCUT2D eigenvalue weighted by molar-refractivity contribution is 0.0992. The molecule has 0 unspecified atom stereocenters. The molecule has 0 aliphatic carbocycles. The molecule has 0 aliphatic rings. The second kappa shape index (κ2) is 4.99. The molecular weight excluding hydrogens is 268 g/mol. The van der Waals surface area contributed by atoms with Crippen LogP contribution in [-0.2, 0) is 6.42 Å². The van der Waals surface area contributed by atoms with E-state index in [1.54, 1.807) is 30.9 Å². The highest BCUT2D eigenvalue weighted by Gasteiger charge is 2.07. The molecule has 0 bridgehead atoms. The Morgan fingerprint density at radius 1 is 1.19 bits per heavy atom. The summed E-state index contributed by atoms with van der Waals surface area (Å²) < 4.78 is 0.813. The van der Waals surface area contributed by atoms with Crippen LogP contribution in [0.15, 0.2) is 47.5 Å². The predicted molar refractivity (Wildman–Crippen MR) is 64.2 cm³/mol. The molecule has 0 radical (unpaired) electrons. The lowest BCUT2D eigenvalue weighted by atomic mass is 10.1. The molecule has 80 valence electrons. The van der Waals surface area contributed by atoms with Gasteiger partial charge in [-0.25, -0.2) is 0 Å². The highest BCUT2D eigenvalue weighted by atomic mass is 79.9. The molecule has 2 aromatic rings. The maximum Gasteiger partial charge on any atom is 0.168 e. The first kappa shape index (κ1) is 11.0. The summed E-state index contributed by atoms with van der Waals surface area (Å²) in [6.45, 7) is 0. The van der Waals surface area contributed by atoms with E-state index in [4.69, 9.17) is 0 Å². The van der Waals surface area contributed by atoms with Gasteiger partial charge >= 0.3 is 0 Å². The monoisotopic (exact) mass is 276 g/mol. The van der Waals surface area contributed by atoms with Crippen molar-refractivity contribution >= 4 is 21.7 Å². The summed E-state index contributed by atoms with van der Waals surface area (Å²) in [6, 6.07) is 5.45. The Balaban J connectivity index is 2.15. The molecule has 2 rings (SSSR count). The van der Waals surface area contributed by atoms with Crippen molar-refractivity contribution < 1.29 is 4.79 Å².